The number of nitrogens with one attached hydrogen (secondary N) is 2. The van der Waals surface area contributed by atoms with Crippen LogP contribution in [0.3, 0.4) is 0 Å². The average molecular weight is 266 g/mol. The number of anilines is 1. The molecule has 0 radical (unpaired) electrons. The van der Waals surface area contributed by atoms with Crippen LogP contribution in [0.1, 0.15) is 12.8 Å². The summed E-state index contributed by atoms with van der Waals surface area (Å²) in [6, 6.07) is 7.58. The molecule has 0 bridgehead atoms. The molecule has 1 aliphatic rings. The van der Waals surface area contributed by atoms with Crippen molar-refractivity contribution < 1.29 is 9.53 Å². The fraction of sp³-hybridized carbons (Fsp3) is 0.462. The van der Waals surface area contributed by atoms with E-state index in [-0.39, 0.29) is 12.1 Å². The van der Waals surface area contributed by atoms with Gasteiger partial charge >= 0.3 is 6.03 Å². The van der Waals surface area contributed by atoms with Crippen molar-refractivity contribution in [3.05, 3.63) is 24.3 Å². The van der Waals surface area contributed by atoms with Crippen LogP contribution in [0.4, 0.5) is 10.5 Å². The largest absolute Gasteiger partial charge is 0.376 e. The summed E-state index contributed by atoms with van der Waals surface area (Å²) in [5, 5.41) is 5.70. The summed E-state index contributed by atoms with van der Waals surface area (Å²) in [4.78, 5) is 12.8. The molecule has 98 valence electrons. The molecule has 0 spiro atoms. The molecule has 0 aliphatic carbocycles. The maximum Gasteiger partial charge on any atom is 0.319 e. The van der Waals surface area contributed by atoms with E-state index >= 15 is 0 Å². The fourth-order valence-electron chi connectivity index (χ4n) is 1.93. The van der Waals surface area contributed by atoms with E-state index in [0.717, 1.165) is 30.0 Å². The summed E-state index contributed by atoms with van der Waals surface area (Å²) in [6.45, 7) is 1.39. The Morgan fingerprint density at radius 1 is 1.50 bits per heavy atom. The molecule has 2 N–H and O–H groups in total. The van der Waals surface area contributed by atoms with Crippen LogP contribution in [-0.4, -0.2) is 31.5 Å². The van der Waals surface area contributed by atoms with Crippen LogP contribution in [0, 0.1) is 0 Å². The predicted octanol–water partition coefficient (Wildman–Crippen LogP) is 2.71. The highest BCUT2D eigenvalue weighted by molar-refractivity contribution is 7.98. The predicted molar refractivity (Wildman–Crippen MR) is 74.2 cm³/mol. The Morgan fingerprint density at radius 3 is 3.06 bits per heavy atom. The van der Waals surface area contributed by atoms with Gasteiger partial charge in [-0.25, -0.2) is 4.79 Å². The van der Waals surface area contributed by atoms with E-state index in [4.69, 9.17) is 4.74 Å². The number of thioether (sulfide) groups is 1. The molecule has 1 aliphatic heterocycles. The second kappa shape index (κ2) is 6.66. The zero-order chi connectivity index (χ0) is 12.8. The van der Waals surface area contributed by atoms with Crippen molar-refractivity contribution in [3.63, 3.8) is 0 Å². The van der Waals surface area contributed by atoms with Crippen LogP contribution in [0.2, 0.25) is 0 Å². The molecule has 1 aromatic carbocycles. The minimum atomic E-state index is -0.174. The first-order valence-corrected chi connectivity index (χ1v) is 7.31. The highest BCUT2D eigenvalue weighted by Gasteiger charge is 2.16. The number of hydrogen-bond acceptors (Lipinski definition) is 3. The van der Waals surface area contributed by atoms with Gasteiger partial charge in [0.2, 0.25) is 0 Å². The van der Waals surface area contributed by atoms with Gasteiger partial charge in [0.15, 0.2) is 0 Å². The molecule has 1 aromatic rings. The molecular formula is C13H18N2O2S. The van der Waals surface area contributed by atoms with Crippen molar-refractivity contribution >= 4 is 23.5 Å². The third-order valence-electron chi connectivity index (χ3n) is 2.87. The average Bonchev–Trinajstić information content (AvgIpc) is 2.90. The number of carbonyl (C=O) groups excluding carboxylic acids is 1. The van der Waals surface area contributed by atoms with Crippen molar-refractivity contribution in [3.8, 4) is 0 Å². The zero-order valence-electron chi connectivity index (χ0n) is 10.4. The van der Waals surface area contributed by atoms with E-state index in [9.17, 15) is 4.79 Å². The number of amides is 2. The topological polar surface area (TPSA) is 50.4 Å². The molecule has 18 heavy (non-hydrogen) atoms. The number of carbonyl (C=O) groups is 1. The maximum atomic E-state index is 11.8. The van der Waals surface area contributed by atoms with Crippen LogP contribution < -0.4 is 10.6 Å². The van der Waals surface area contributed by atoms with E-state index in [2.05, 4.69) is 10.6 Å². The van der Waals surface area contributed by atoms with Crippen LogP contribution in [0.25, 0.3) is 0 Å². The van der Waals surface area contributed by atoms with Gasteiger partial charge in [-0.05, 0) is 31.2 Å². The number of rotatable bonds is 4. The summed E-state index contributed by atoms with van der Waals surface area (Å²) < 4.78 is 5.45. The molecule has 2 rings (SSSR count). The van der Waals surface area contributed by atoms with Gasteiger partial charge < -0.3 is 15.4 Å². The lowest BCUT2D eigenvalue weighted by Crippen LogP contribution is -2.35. The van der Waals surface area contributed by atoms with Crippen LogP contribution in [-0.2, 0) is 4.74 Å². The number of para-hydroxylation sites is 1. The second-order valence-corrected chi connectivity index (χ2v) is 5.02. The van der Waals surface area contributed by atoms with Gasteiger partial charge in [-0.15, -0.1) is 11.8 Å². The van der Waals surface area contributed by atoms with Crippen molar-refractivity contribution in [2.24, 2.45) is 0 Å². The maximum absolute atomic E-state index is 11.8. The Kier molecular flexibility index (Phi) is 4.90. The van der Waals surface area contributed by atoms with Gasteiger partial charge in [0.25, 0.3) is 0 Å². The normalized spacial score (nSPS) is 18.6. The first-order chi connectivity index (χ1) is 8.79. The van der Waals surface area contributed by atoms with Crippen LogP contribution in [0.15, 0.2) is 29.2 Å². The van der Waals surface area contributed by atoms with Gasteiger partial charge in [0, 0.05) is 18.0 Å². The summed E-state index contributed by atoms with van der Waals surface area (Å²) in [5.74, 6) is 0. The molecule has 0 saturated carbocycles. The molecule has 4 nitrogen and oxygen atoms in total. The van der Waals surface area contributed by atoms with Crippen LogP contribution >= 0.6 is 11.8 Å². The summed E-state index contributed by atoms with van der Waals surface area (Å²) in [6.07, 6.45) is 4.28. The molecule has 1 heterocycles. The van der Waals surface area contributed by atoms with E-state index in [1.54, 1.807) is 11.8 Å². The summed E-state index contributed by atoms with van der Waals surface area (Å²) >= 11 is 1.61. The van der Waals surface area contributed by atoms with E-state index in [1.807, 2.05) is 30.5 Å². The van der Waals surface area contributed by atoms with Gasteiger partial charge in [-0.1, -0.05) is 12.1 Å². The van der Waals surface area contributed by atoms with Gasteiger partial charge in [0.1, 0.15) is 0 Å². The van der Waals surface area contributed by atoms with E-state index in [0.29, 0.717) is 6.54 Å². The number of hydrogen-bond donors (Lipinski definition) is 2. The first-order valence-electron chi connectivity index (χ1n) is 6.09. The number of ether oxygens (including phenoxy) is 1. The molecule has 1 saturated heterocycles. The SMILES string of the molecule is CSc1ccccc1NC(=O)NC[C@@H]1CCCO1. The van der Waals surface area contributed by atoms with Crippen molar-refractivity contribution in [1.29, 1.82) is 0 Å². The Morgan fingerprint density at radius 2 is 2.33 bits per heavy atom. The standard InChI is InChI=1S/C13H18N2O2S/c1-18-12-7-3-2-6-11(12)15-13(16)14-9-10-5-4-8-17-10/h2-3,6-7,10H,4-5,8-9H2,1H3,(H2,14,15,16)/t10-/m0/s1. The molecule has 0 unspecified atom stereocenters. The molecule has 1 atom stereocenters. The lowest BCUT2D eigenvalue weighted by atomic mass is 10.2. The van der Waals surface area contributed by atoms with Gasteiger partial charge in [-0.3, -0.25) is 0 Å². The zero-order valence-corrected chi connectivity index (χ0v) is 11.3. The Balaban J connectivity index is 1.82. The lowest BCUT2D eigenvalue weighted by Gasteiger charge is -2.13. The smallest absolute Gasteiger partial charge is 0.319 e. The molecule has 2 amide bonds. The number of benzene rings is 1. The van der Waals surface area contributed by atoms with Gasteiger partial charge in [0.05, 0.1) is 11.8 Å². The summed E-state index contributed by atoms with van der Waals surface area (Å²) in [5.41, 5.74) is 0.842. The third-order valence-corrected chi connectivity index (χ3v) is 3.67. The molecule has 5 heteroatoms. The van der Waals surface area contributed by atoms with Crippen LogP contribution in [0.5, 0.6) is 0 Å². The summed E-state index contributed by atoms with van der Waals surface area (Å²) in [7, 11) is 0. The van der Waals surface area contributed by atoms with Gasteiger partial charge in [-0.2, -0.15) is 0 Å². The highest BCUT2D eigenvalue weighted by Crippen LogP contribution is 2.24. The molecule has 1 fully saturated rings. The van der Waals surface area contributed by atoms with E-state index < -0.39 is 0 Å². The second-order valence-electron chi connectivity index (χ2n) is 4.17. The molecule has 0 aromatic heterocycles. The Hall–Kier alpha value is -1.20. The monoisotopic (exact) mass is 266 g/mol. The number of urea groups is 1. The quantitative estimate of drug-likeness (QED) is 0.824. The lowest BCUT2D eigenvalue weighted by molar-refractivity contribution is 0.112. The van der Waals surface area contributed by atoms with Crippen molar-refractivity contribution in [2.75, 3.05) is 24.7 Å². The first kappa shape index (κ1) is 13.2. The third kappa shape index (κ3) is 3.65. The highest BCUT2D eigenvalue weighted by atomic mass is 32.2. The van der Waals surface area contributed by atoms with Crippen molar-refractivity contribution in [2.45, 2.75) is 23.8 Å². The molecular weight excluding hydrogens is 248 g/mol. The fourth-order valence-corrected chi connectivity index (χ4v) is 2.48. The van der Waals surface area contributed by atoms with E-state index in [1.165, 1.54) is 0 Å². The Bertz CT molecular complexity index is 406. The Labute approximate surface area is 111 Å². The minimum absolute atomic E-state index is 0.173. The minimum Gasteiger partial charge on any atom is -0.376 e. The van der Waals surface area contributed by atoms with Crippen molar-refractivity contribution in [1.82, 2.24) is 5.32 Å².